The summed E-state index contributed by atoms with van der Waals surface area (Å²) in [7, 11) is 1.28. The Balaban J connectivity index is 1.54. The molecule has 0 unspecified atom stereocenters. The van der Waals surface area contributed by atoms with Crippen LogP contribution in [0, 0.1) is 0 Å². The van der Waals surface area contributed by atoms with Crippen LogP contribution in [0.4, 0.5) is 0 Å². The third-order valence-electron chi connectivity index (χ3n) is 6.71. The van der Waals surface area contributed by atoms with E-state index in [1.807, 2.05) is 13.8 Å². The van der Waals surface area contributed by atoms with E-state index in [0.717, 1.165) is 11.3 Å². The molecule has 0 fully saturated rings. The lowest BCUT2D eigenvalue weighted by atomic mass is 9.97. The first-order valence-electron chi connectivity index (χ1n) is 13.7. The number of thiazole rings is 1. The molecule has 0 bridgehead atoms. The van der Waals surface area contributed by atoms with Crippen LogP contribution in [0.3, 0.4) is 0 Å². The van der Waals surface area contributed by atoms with E-state index in [2.05, 4.69) is 4.99 Å². The lowest BCUT2D eigenvalue weighted by molar-refractivity contribution is -0.136. The standard InChI is InChI=1S/C32H26Cl4N2O6S/c1-4-42-25-9-7-18(13-26(25)43-5-2)28-21(31(40)41-3)15-37-32-38(28)30(39)27(45-32)12-17-10-23(35)29(24(36)11-17)44-16-19-6-8-20(33)14-22(19)34/h6-15,28H,4-5,16H2,1-3H3/b27-12-/t28-/m0/s1. The molecule has 1 atom stereocenters. The van der Waals surface area contributed by atoms with Crippen LogP contribution in [0.5, 0.6) is 17.2 Å². The Kier molecular flexibility index (Phi) is 10.5. The van der Waals surface area contributed by atoms with Crippen molar-refractivity contribution >= 4 is 69.8 Å². The van der Waals surface area contributed by atoms with Crippen molar-refractivity contribution in [1.29, 1.82) is 0 Å². The molecule has 8 nitrogen and oxygen atoms in total. The molecule has 0 spiro atoms. The number of aromatic nitrogens is 1. The number of fused-ring (bicyclic) bond motifs is 1. The van der Waals surface area contributed by atoms with Crippen LogP contribution in [-0.2, 0) is 16.1 Å². The maximum atomic E-state index is 13.9. The van der Waals surface area contributed by atoms with Crippen LogP contribution < -0.4 is 29.1 Å². The largest absolute Gasteiger partial charge is 0.490 e. The van der Waals surface area contributed by atoms with Crippen molar-refractivity contribution in [3.63, 3.8) is 0 Å². The van der Waals surface area contributed by atoms with E-state index >= 15 is 0 Å². The molecule has 234 valence electrons. The van der Waals surface area contributed by atoms with Crippen molar-refractivity contribution in [2.75, 3.05) is 20.3 Å². The van der Waals surface area contributed by atoms with Gasteiger partial charge in [-0.25, -0.2) is 9.79 Å². The van der Waals surface area contributed by atoms with Gasteiger partial charge in [0.2, 0.25) is 0 Å². The van der Waals surface area contributed by atoms with Crippen LogP contribution in [-0.4, -0.2) is 30.9 Å². The molecule has 2 heterocycles. The maximum absolute atomic E-state index is 13.9. The average Bonchev–Trinajstić information content (AvgIpc) is 3.32. The molecule has 1 aromatic heterocycles. The second-order valence-electron chi connectivity index (χ2n) is 9.59. The number of ether oxygens (including phenoxy) is 4. The number of hydrogen-bond acceptors (Lipinski definition) is 8. The molecular weight excluding hydrogens is 682 g/mol. The van der Waals surface area contributed by atoms with Crippen molar-refractivity contribution in [2.24, 2.45) is 4.99 Å². The van der Waals surface area contributed by atoms with Gasteiger partial charge in [-0.05, 0) is 67.4 Å². The minimum Gasteiger partial charge on any atom is -0.490 e. The number of halogens is 4. The van der Waals surface area contributed by atoms with Gasteiger partial charge < -0.3 is 18.9 Å². The maximum Gasteiger partial charge on any atom is 0.337 e. The van der Waals surface area contributed by atoms with Gasteiger partial charge in [0.15, 0.2) is 22.0 Å². The van der Waals surface area contributed by atoms with Gasteiger partial charge >= 0.3 is 5.97 Å². The second kappa shape index (κ2) is 14.3. The summed E-state index contributed by atoms with van der Waals surface area (Å²) in [4.78, 5) is 31.6. The molecule has 45 heavy (non-hydrogen) atoms. The number of rotatable bonds is 10. The molecule has 0 N–H and O–H groups in total. The van der Waals surface area contributed by atoms with Gasteiger partial charge in [0.25, 0.3) is 5.56 Å². The molecular formula is C32H26Cl4N2O6S. The van der Waals surface area contributed by atoms with E-state index in [1.165, 1.54) is 17.9 Å². The molecule has 0 saturated carbocycles. The third-order valence-corrected chi connectivity index (χ3v) is 8.86. The first-order chi connectivity index (χ1) is 21.6. The Bertz CT molecular complexity index is 1970. The van der Waals surface area contributed by atoms with Crippen LogP contribution in [0.1, 0.15) is 36.6 Å². The predicted octanol–water partition coefficient (Wildman–Crippen LogP) is 7.01. The van der Waals surface area contributed by atoms with E-state index in [9.17, 15) is 9.59 Å². The Labute approximate surface area is 282 Å². The minimum atomic E-state index is -0.826. The lowest BCUT2D eigenvalue weighted by Crippen LogP contribution is -2.39. The number of carbonyl (C=O) groups is 1. The number of esters is 1. The van der Waals surface area contributed by atoms with Gasteiger partial charge in [0.05, 0.1) is 46.5 Å². The molecule has 0 radical (unpaired) electrons. The zero-order chi connectivity index (χ0) is 32.2. The number of carbonyl (C=O) groups excluding carboxylic acids is 1. The summed E-state index contributed by atoms with van der Waals surface area (Å²) < 4.78 is 24.2. The molecule has 0 saturated heterocycles. The van der Waals surface area contributed by atoms with Crippen LogP contribution in [0.2, 0.25) is 20.1 Å². The smallest absolute Gasteiger partial charge is 0.337 e. The van der Waals surface area contributed by atoms with Gasteiger partial charge in [-0.2, -0.15) is 0 Å². The summed E-state index contributed by atoms with van der Waals surface area (Å²) in [5, 5.41) is 1.46. The highest BCUT2D eigenvalue weighted by Gasteiger charge is 2.31. The van der Waals surface area contributed by atoms with Crippen molar-refractivity contribution in [1.82, 2.24) is 4.57 Å². The highest BCUT2D eigenvalue weighted by Crippen LogP contribution is 2.37. The normalized spacial score (nSPS) is 14.3. The van der Waals surface area contributed by atoms with E-state index in [0.29, 0.717) is 60.8 Å². The third kappa shape index (κ3) is 7.03. The topological polar surface area (TPSA) is 88.4 Å². The summed E-state index contributed by atoms with van der Waals surface area (Å²) in [6, 6.07) is 12.8. The average molecular weight is 708 g/mol. The van der Waals surface area contributed by atoms with E-state index in [-0.39, 0.29) is 33.5 Å². The second-order valence-corrected chi connectivity index (χ2v) is 12.3. The van der Waals surface area contributed by atoms with Gasteiger partial charge in [-0.3, -0.25) is 9.36 Å². The zero-order valence-corrected chi connectivity index (χ0v) is 28.1. The summed E-state index contributed by atoms with van der Waals surface area (Å²) >= 11 is 26.5. The summed E-state index contributed by atoms with van der Waals surface area (Å²) in [5.41, 5.74) is 1.72. The van der Waals surface area contributed by atoms with Crippen LogP contribution in [0.15, 0.2) is 70.1 Å². The van der Waals surface area contributed by atoms with Crippen molar-refractivity contribution in [3.8, 4) is 17.2 Å². The first kappa shape index (κ1) is 32.9. The quantitative estimate of drug-likeness (QED) is 0.165. The Hall–Kier alpha value is -3.47. The summed E-state index contributed by atoms with van der Waals surface area (Å²) in [6.07, 6.45) is 3.08. The molecule has 1 aliphatic heterocycles. The molecule has 1 aliphatic rings. The fourth-order valence-corrected chi connectivity index (χ4v) is 6.77. The monoisotopic (exact) mass is 706 g/mol. The number of hydrogen-bond donors (Lipinski definition) is 0. The Morgan fingerprint density at radius 3 is 2.31 bits per heavy atom. The highest BCUT2D eigenvalue weighted by molar-refractivity contribution is 7.07. The number of nitrogens with zero attached hydrogens (tertiary/aromatic N) is 2. The summed E-state index contributed by atoms with van der Waals surface area (Å²) in [6.45, 7) is 4.69. The Morgan fingerprint density at radius 2 is 1.64 bits per heavy atom. The Morgan fingerprint density at radius 1 is 0.933 bits per heavy atom. The van der Waals surface area contributed by atoms with Gasteiger partial charge in [-0.1, -0.05) is 69.9 Å². The number of benzene rings is 3. The van der Waals surface area contributed by atoms with Crippen LogP contribution >= 0.6 is 57.7 Å². The molecule has 0 aliphatic carbocycles. The number of methoxy groups -OCH3 is 1. The van der Waals surface area contributed by atoms with Crippen molar-refractivity contribution in [3.05, 3.63) is 117 Å². The molecule has 0 amide bonds. The SMILES string of the molecule is CCOc1ccc([C@H]2C(C(=O)OC)=CN=c3s/c(=C\c4cc(Cl)c(OCc5ccc(Cl)cc5Cl)c(Cl)c4)c(=O)n32)cc1OCC. The fraction of sp³-hybridized carbons (Fsp3) is 0.219. The molecule has 4 aromatic rings. The van der Waals surface area contributed by atoms with E-state index in [1.54, 1.807) is 54.6 Å². The van der Waals surface area contributed by atoms with Gasteiger partial charge in [-0.15, -0.1) is 0 Å². The van der Waals surface area contributed by atoms with E-state index < -0.39 is 12.0 Å². The van der Waals surface area contributed by atoms with Gasteiger partial charge in [0.1, 0.15) is 6.61 Å². The van der Waals surface area contributed by atoms with Crippen molar-refractivity contribution in [2.45, 2.75) is 26.5 Å². The first-order valence-corrected chi connectivity index (χ1v) is 16.0. The highest BCUT2D eigenvalue weighted by atomic mass is 35.5. The zero-order valence-electron chi connectivity index (χ0n) is 24.2. The van der Waals surface area contributed by atoms with Crippen molar-refractivity contribution < 1.29 is 23.7 Å². The minimum absolute atomic E-state index is 0.118. The molecule has 13 heteroatoms. The molecule has 3 aromatic carbocycles. The fourth-order valence-electron chi connectivity index (χ4n) is 4.73. The molecule has 5 rings (SSSR count). The lowest BCUT2D eigenvalue weighted by Gasteiger charge is -2.23. The van der Waals surface area contributed by atoms with Gasteiger partial charge in [0, 0.05) is 21.8 Å². The summed E-state index contributed by atoms with van der Waals surface area (Å²) in [5.74, 6) is 0.701. The van der Waals surface area contributed by atoms with E-state index in [4.69, 9.17) is 65.4 Å². The predicted molar refractivity (Wildman–Crippen MR) is 177 cm³/mol. The van der Waals surface area contributed by atoms with Crippen LogP contribution in [0.25, 0.3) is 6.08 Å².